The van der Waals surface area contributed by atoms with Gasteiger partial charge in [-0.1, -0.05) is 44.0 Å². The van der Waals surface area contributed by atoms with Crippen molar-refractivity contribution >= 4 is 29.1 Å². The molecule has 0 aliphatic carbocycles. The Balaban J connectivity index is 1.73. The second-order valence-corrected chi connectivity index (χ2v) is 7.94. The van der Waals surface area contributed by atoms with Crippen LogP contribution >= 0.6 is 23.2 Å². The van der Waals surface area contributed by atoms with Crippen LogP contribution in [-0.2, 0) is 16.6 Å². The number of aryl methyl sites for hydroxylation is 2. The van der Waals surface area contributed by atoms with Crippen molar-refractivity contribution in [3.63, 3.8) is 0 Å². The number of oxazole rings is 1. The Morgan fingerprint density at radius 2 is 2.04 bits per heavy atom. The molecule has 5 nitrogen and oxygen atoms in total. The van der Waals surface area contributed by atoms with Crippen LogP contribution in [0.5, 0.6) is 5.75 Å². The van der Waals surface area contributed by atoms with Crippen LogP contribution in [0.15, 0.2) is 22.6 Å². The summed E-state index contributed by atoms with van der Waals surface area (Å²) in [5, 5.41) is 3.71. The summed E-state index contributed by atoms with van der Waals surface area (Å²) in [6.07, 6.45) is 1.48. The van der Waals surface area contributed by atoms with Crippen molar-refractivity contribution < 1.29 is 13.9 Å². The molecule has 1 aromatic carbocycles. The van der Waals surface area contributed by atoms with Crippen LogP contribution in [0.1, 0.15) is 44.5 Å². The van der Waals surface area contributed by atoms with Crippen LogP contribution in [0.25, 0.3) is 0 Å². The van der Waals surface area contributed by atoms with E-state index in [1.165, 1.54) is 0 Å². The van der Waals surface area contributed by atoms with Gasteiger partial charge in [0.15, 0.2) is 12.5 Å². The SMILES string of the molecule is Cc1nc(C(C)(C)C)oc1CCCNC(=O)COc1ccc(Cl)cc1Cl. The Bertz CT molecular complexity index is 767. The first-order valence-corrected chi connectivity index (χ1v) is 9.23. The smallest absolute Gasteiger partial charge is 0.257 e. The van der Waals surface area contributed by atoms with Gasteiger partial charge in [-0.2, -0.15) is 0 Å². The molecule has 7 heteroatoms. The fraction of sp³-hybridized carbons (Fsp3) is 0.474. The molecule has 0 radical (unpaired) electrons. The van der Waals surface area contributed by atoms with Crippen LogP contribution in [0.4, 0.5) is 0 Å². The van der Waals surface area contributed by atoms with Crippen LogP contribution < -0.4 is 10.1 Å². The van der Waals surface area contributed by atoms with E-state index in [2.05, 4.69) is 31.1 Å². The molecule has 0 bridgehead atoms. The number of hydrogen-bond donors (Lipinski definition) is 1. The highest BCUT2D eigenvalue weighted by Gasteiger charge is 2.22. The molecule has 0 fully saturated rings. The molecule has 0 unspecified atom stereocenters. The lowest BCUT2D eigenvalue weighted by Crippen LogP contribution is -2.30. The fourth-order valence-corrected chi connectivity index (χ4v) is 2.71. The van der Waals surface area contributed by atoms with Crippen molar-refractivity contribution in [3.05, 3.63) is 45.6 Å². The van der Waals surface area contributed by atoms with Gasteiger partial charge in [0.05, 0.1) is 10.7 Å². The molecule has 0 aliphatic rings. The lowest BCUT2D eigenvalue weighted by molar-refractivity contribution is -0.123. The molecule has 1 N–H and O–H groups in total. The van der Waals surface area contributed by atoms with Gasteiger partial charge in [-0.25, -0.2) is 4.98 Å². The monoisotopic (exact) mass is 398 g/mol. The third kappa shape index (κ3) is 5.92. The van der Waals surface area contributed by atoms with E-state index in [1.54, 1.807) is 18.2 Å². The number of nitrogens with one attached hydrogen (secondary N) is 1. The van der Waals surface area contributed by atoms with Gasteiger partial charge in [-0.15, -0.1) is 0 Å². The lowest BCUT2D eigenvalue weighted by atomic mass is 9.97. The summed E-state index contributed by atoms with van der Waals surface area (Å²) < 4.78 is 11.2. The third-order valence-electron chi connectivity index (χ3n) is 3.69. The number of hydrogen-bond acceptors (Lipinski definition) is 4. The van der Waals surface area contributed by atoms with Crippen molar-refractivity contribution in [2.24, 2.45) is 0 Å². The van der Waals surface area contributed by atoms with Gasteiger partial charge in [0.1, 0.15) is 11.5 Å². The maximum atomic E-state index is 11.9. The Morgan fingerprint density at radius 1 is 1.31 bits per heavy atom. The molecule has 1 aromatic heterocycles. The summed E-state index contributed by atoms with van der Waals surface area (Å²) in [6, 6.07) is 4.87. The summed E-state index contributed by atoms with van der Waals surface area (Å²) in [4.78, 5) is 16.3. The number of benzene rings is 1. The predicted molar refractivity (Wildman–Crippen MR) is 103 cm³/mol. The summed E-state index contributed by atoms with van der Waals surface area (Å²) in [6.45, 7) is 8.56. The molecule has 0 atom stereocenters. The van der Waals surface area contributed by atoms with Crippen LogP contribution in [0.2, 0.25) is 10.0 Å². The van der Waals surface area contributed by atoms with E-state index in [0.29, 0.717) is 22.3 Å². The summed E-state index contributed by atoms with van der Waals surface area (Å²) in [5.74, 6) is 1.83. The number of halogens is 2. The van der Waals surface area contributed by atoms with Gasteiger partial charge < -0.3 is 14.5 Å². The zero-order valence-corrected chi connectivity index (χ0v) is 17.0. The van der Waals surface area contributed by atoms with Crippen molar-refractivity contribution in [1.29, 1.82) is 0 Å². The van der Waals surface area contributed by atoms with Crippen molar-refractivity contribution in [1.82, 2.24) is 10.3 Å². The van der Waals surface area contributed by atoms with E-state index < -0.39 is 0 Å². The van der Waals surface area contributed by atoms with E-state index in [0.717, 1.165) is 30.2 Å². The first-order chi connectivity index (χ1) is 12.2. The minimum Gasteiger partial charge on any atom is -0.482 e. The minimum atomic E-state index is -0.208. The van der Waals surface area contributed by atoms with Gasteiger partial charge in [-0.3, -0.25) is 4.79 Å². The van der Waals surface area contributed by atoms with Crippen LogP contribution in [-0.4, -0.2) is 24.0 Å². The lowest BCUT2D eigenvalue weighted by Gasteiger charge is -2.12. The molecule has 2 aromatic rings. The molecular formula is C19H24Cl2N2O3. The summed E-state index contributed by atoms with van der Waals surface area (Å²) in [5.41, 5.74) is 0.791. The average molecular weight is 399 g/mol. The number of carbonyl (C=O) groups is 1. The number of rotatable bonds is 7. The molecule has 0 saturated heterocycles. The van der Waals surface area contributed by atoms with Gasteiger partial charge in [0.2, 0.25) is 0 Å². The van der Waals surface area contributed by atoms with Crippen molar-refractivity contribution in [3.8, 4) is 5.75 Å². The Hall–Kier alpha value is -1.72. The first-order valence-electron chi connectivity index (χ1n) is 8.48. The number of carbonyl (C=O) groups excluding carboxylic acids is 1. The van der Waals surface area contributed by atoms with Gasteiger partial charge in [0.25, 0.3) is 5.91 Å². The number of nitrogens with zero attached hydrogens (tertiary/aromatic N) is 1. The highest BCUT2D eigenvalue weighted by molar-refractivity contribution is 6.35. The minimum absolute atomic E-state index is 0.100. The number of ether oxygens (including phenoxy) is 1. The highest BCUT2D eigenvalue weighted by Crippen LogP contribution is 2.27. The third-order valence-corrected chi connectivity index (χ3v) is 4.22. The molecule has 0 saturated carbocycles. The van der Waals surface area contributed by atoms with Gasteiger partial charge in [0, 0.05) is 23.4 Å². The molecular weight excluding hydrogens is 375 g/mol. The van der Waals surface area contributed by atoms with Crippen LogP contribution in [0.3, 0.4) is 0 Å². The van der Waals surface area contributed by atoms with Gasteiger partial charge in [-0.05, 0) is 31.5 Å². The molecule has 142 valence electrons. The van der Waals surface area contributed by atoms with E-state index in [1.807, 2.05) is 6.92 Å². The molecule has 0 spiro atoms. The predicted octanol–water partition coefficient (Wildman–Crippen LogP) is 4.72. The topological polar surface area (TPSA) is 64.4 Å². The summed E-state index contributed by atoms with van der Waals surface area (Å²) >= 11 is 11.8. The van der Waals surface area contributed by atoms with Crippen LogP contribution in [0, 0.1) is 6.92 Å². The maximum absolute atomic E-state index is 11.9. The standard InChI is InChI=1S/C19H24Cl2N2O3/c1-12-15(26-18(23-12)19(2,3)4)6-5-9-22-17(24)11-25-16-8-7-13(20)10-14(16)21/h7-8,10H,5-6,9,11H2,1-4H3,(H,22,24). The fourth-order valence-electron chi connectivity index (χ4n) is 2.24. The second-order valence-electron chi connectivity index (χ2n) is 7.09. The average Bonchev–Trinajstić information content (AvgIpc) is 2.92. The maximum Gasteiger partial charge on any atom is 0.257 e. The molecule has 2 rings (SSSR count). The largest absolute Gasteiger partial charge is 0.482 e. The molecule has 0 aliphatic heterocycles. The van der Waals surface area contributed by atoms with E-state index in [4.69, 9.17) is 32.4 Å². The number of aromatic nitrogens is 1. The van der Waals surface area contributed by atoms with E-state index >= 15 is 0 Å². The second kappa shape index (κ2) is 8.78. The summed E-state index contributed by atoms with van der Waals surface area (Å²) in [7, 11) is 0. The molecule has 1 heterocycles. The Morgan fingerprint density at radius 3 is 2.65 bits per heavy atom. The first kappa shape index (κ1) is 20.6. The van der Waals surface area contributed by atoms with Crippen molar-refractivity contribution in [2.45, 2.75) is 46.0 Å². The zero-order chi connectivity index (χ0) is 19.3. The Kier molecular flexibility index (Phi) is 6.95. The quantitative estimate of drug-likeness (QED) is 0.685. The van der Waals surface area contributed by atoms with E-state index in [-0.39, 0.29) is 17.9 Å². The Labute approximate surface area is 164 Å². The van der Waals surface area contributed by atoms with Crippen molar-refractivity contribution in [2.75, 3.05) is 13.2 Å². The zero-order valence-electron chi connectivity index (χ0n) is 15.5. The highest BCUT2D eigenvalue weighted by atomic mass is 35.5. The normalized spacial score (nSPS) is 11.5. The number of amides is 1. The molecule has 26 heavy (non-hydrogen) atoms. The van der Waals surface area contributed by atoms with Gasteiger partial charge >= 0.3 is 0 Å². The van der Waals surface area contributed by atoms with E-state index in [9.17, 15) is 4.79 Å². The molecule has 1 amide bonds.